The number of hydrogen-bond donors (Lipinski definition) is 1. The van der Waals surface area contributed by atoms with Crippen molar-refractivity contribution in [1.82, 2.24) is 14.5 Å². The molecule has 0 fully saturated rings. The molecule has 6 nitrogen and oxygen atoms in total. The third-order valence-corrected chi connectivity index (χ3v) is 5.12. The van der Waals surface area contributed by atoms with Crippen LogP contribution in [0.5, 0.6) is 0 Å². The van der Waals surface area contributed by atoms with E-state index in [-0.39, 0.29) is 31.0 Å². The van der Waals surface area contributed by atoms with E-state index in [0.29, 0.717) is 11.1 Å². The van der Waals surface area contributed by atoms with Gasteiger partial charge in [0.2, 0.25) is 5.95 Å². The van der Waals surface area contributed by atoms with E-state index in [1.807, 2.05) is 0 Å². The molecule has 0 spiro atoms. The first-order chi connectivity index (χ1) is 14.3. The van der Waals surface area contributed by atoms with Crippen LogP contribution in [0, 0.1) is 0 Å². The summed E-state index contributed by atoms with van der Waals surface area (Å²) in [4.78, 5) is 21.7. The van der Waals surface area contributed by atoms with Crippen LogP contribution in [0.2, 0.25) is 0 Å². The molecule has 0 saturated carbocycles. The van der Waals surface area contributed by atoms with Gasteiger partial charge in [-0.1, -0.05) is 30.3 Å². The summed E-state index contributed by atoms with van der Waals surface area (Å²) in [6, 6.07) is 11.3. The van der Waals surface area contributed by atoms with Gasteiger partial charge in [0.1, 0.15) is 12.3 Å². The number of aromatic nitrogens is 3. The Morgan fingerprint density at radius 2 is 1.83 bits per heavy atom. The van der Waals surface area contributed by atoms with E-state index in [0.717, 1.165) is 4.90 Å². The van der Waals surface area contributed by atoms with E-state index in [9.17, 15) is 23.1 Å². The van der Waals surface area contributed by atoms with Gasteiger partial charge in [-0.3, -0.25) is 14.3 Å². The van der Waals surface area contributed by atoms with E-state index >= 15 is 0 Å². The van der Waals surface area contributed by atoms with Crippen molar-refractivity contribution in [3.8, 4) is 11.3 Å². The minimum atomic E-state index is -4.59. The topological polar surface area (TPSA) is 71.2 Å². The zero-order chi connectivity index (χ0) is 21.3. The van der Waals surface area contributed by atoms with Crippen LogP contribution in [0.25, 0.3) is 11.3 Å². The van der Waals surface area contributed by atoms with Crippen LogP contribution < -0.4 is 10.5 Å². The number of hydrogen-bond acceptors (Lipinski definition) is 5. The number of aliphatic hydroxyl groups is 1. The van der Waals surface area contributed by atoms with Gasteiger partial charge in [0.15, 0.2) is 0 Å². The molecular formula is C21H19F3N4O2. The second-order valence-corrected chi connectivity index (χ2v) is 7.09. The van der Waals surface area contributed by atoms with Gasteiger partial charge >= 0.3 is 6.18 Å². The van der Waals surface area contributed by atoms with Gasteiger partial charge in [0.05, 0.1) is 5.69 Å². The molecule has 2 atom stereocenters. The standard InChI is InChI=1S/C21H19F3N4O2/c22-21(23,24)17-8-11-27-18(29)13-16(15-6-9-25-10-7-15)26-20(27)28(17)19(30)12-14-4-2-1-3-5-14/h1-7,9-10,13,17,19,30H,8,11-12H2/t17?,19-/m0/s1. The van der Waals surface area contributed by atoms with Crippen molar-refractivity contribution < 1.29 is 18.3 Å². The molecule has 1 aliphatic heterocycles. The predicted molar refractivity (Wildman–Crippen MR) is 105 cm³/mol. The van der Waals surface area contributed by atoms with Gasteiger partial charge in [-0.15, -0.1) is 0 Å². The molecule has 3 heterocycles. The number of anilines is 1. The summed E-state index contributed by atoms with van der Waals surface area (Å²) in [6.07, 6.45) is -3.47. The fourth-order valence-electron chi connectivity index (χ4n) is 3.69. The molecule has 2 aromatic heterocycles. The largest absolute Gasteiger partial charge is 0.408 e. The van der Waals surface area contributed by atoms with Crippen LogP contribution in [-0.2, 0) is 13.0 Å². The number of aliphatic hydroxyl groups excluding tert-OH is 1. The van der Waals surface area contributed by atoms with Crippen LogP contribution in [0.1, 0.15) is 12.0 Å². The van der Waals surface area contributed by atoms with Crippen LogP contribution in [0.4, 0.5) is 19.1 Å². The molecule has 1 aliphatic rings. The molecule has 30 heavy (non-hydrogen) atoms. The summed E-state index contributed by atoms with van der Waals surface area (Å²) in [5.74, 6) is -0.189. The third-order valence-electron chi connectivity index (χ3n) is 5.12. The summed E-state index contributed by atoms with van der Waals surface area (Å²) in [5, 5.41) is 10.8. The Morgan fingerprint density at radius 3 is 2.50 bits per heavy atom. The Bertz CT molecular complexity index is 1070. The fourth-order valence-corrected chi connectivity index (χ4v) is 3.69. The number of halogens is 3. The van der Waals surface area contributed by atoms with Gasteiger partial charge in [-0.05, 0) is 24.1 Å². The minimum absolute atomic E-state index is 0.0389. The SMILES string of the molecule is O=c1cc(-c2ccncc2)nc2n1CCC(C(F)(F)F)N2[C@@H](O)Cc1ccccc1. The molecule has 0 bridgehead atoms. The highest BCUT2D eigenvalue weighted by Gasteiger charge is 2.48. The second kappa shape index (κ2) is 7.91. The lowest BCUT2D eigenvalue weighted by Gasteiger charge is -2.41. The summed E-state index contributed by atoms with van der Waals surface area (Å²) < 4.78 is 42.7. The first-order valence-corrected chi connectivity index (χ1v) is 9.44. The maximum atomic E-state index is 13.8. The number of pyridine rings is 1. The fraction of sp³-hybridized carbons (Fsp3) is 0.286. The van der Waals surface area contributed by atoms with E-state index < -0.39 is 24.0 Å². The van der Waals surface area contributed by atoms with Crippen molar-refractivity contribution in [3.05, 3.63) is 76.8 Å². The number of fused-ring (bicyclic) bond motifs is 1. The quantitative estimate of drug-likeness (QED) is 0.708. The number of benzene rings is 1. The molecule has 3 aromatic rings. The Kier molecular flexibility index (Phi) is 5.29. The Labute approximate surface area is 170 Å². The zero-order valence-corrected chi connectivity index (χ0v) is 15.8. The van der Waals surface area contributed by atoms with Crippen molar-refractivity contribution >= 4 is 5.95 Å². The molecule has 0 amide bonds. The summed E-state index contributed by atoms with van der Waals surface area (Å²) in [5.41, 5.74) is 0.991. The number of nitrogens with zero attached hydrogens (tertiary/aromatic N) is 4. The molecule has 0 saturated heterocycles. The normalized spacial score (nSPS) is 17.5. The average Bonchev–Trinajstić information content (AvgIpc) is 2.73. The molecule has 9 heteroatoms. The predicted octanol–water partition coefficient (Wildman–Crippen LogP) is 3.01. The van der Waals surface area contributed by atoms with Crippen molar-refractivity contribution in [3.63, 3.8) is 0 Å². The molecule has 1 unspecified atom stereocenters. The van der Waals surface area contributed by atoms with Gasteiger partial charge in [-0.2, -0.15) is 13.2 Å². The van der Waals surface area contributed by atoms with E-state index in [2.05, 4.69) is 9.97 Å². The molecule has 1 aromatic carbocycles. The lowest BCUT2D eigenvalue weighted by Crippen LogP contribution is -2.57. The molecule has 0 radical (unpaired) electrons. The minimum Gasteiger partial charge on any atom is -0.373 e. The first-order valence-electron chi connectivity index (χ1n) is 9.44. The number of alkyl halides is 3. The van der Waals surface area contributed by atoms with Crippen molar-refractivity contribution in [2.75, 3.05) is 4.90 Å². The zero-order valence-electron chi connectivity index (χ0n) is 15.8. The van der Waals surface area contributed by atoms with E-state index in [1.54, 1.807) is 42.5 Å². The summed E-state index contributed by atoms with van der Waals surface area (Å²) in [7, 11) is 0. The number of rotatable bonds is 4. The second-order valence-electron chi connectivity index (χ2n) is 7.09. The van der Waals surface area contributed by atoms with Gasteiger partial charge < -0.3 is 10.0 Å². The summed E-state index contributed by atoms with van der Waals surface area (Å²) >= 11 is 0. The van der Waals surface area contributed by atoms with Crippen LogP contribution >= 0.6 is 0 Å². The lowest BCUT2D eigenvalue weighted by molar-refractivity contribution is -0.158. The van der Waals surface area contributed by atoms with E-state index in [4.69, 9.17) is 0 Å². The molecular weight excluding hydrogens is 397 g/mol. The van der Waals surface area contributed by atoms with Crippen molar-refractivity contribution in [2.24, 2.45) is 0 Å². The van der Waals surface area contributed by atoms with E-state index in [1.165, 1.54) is 23.0 Å². The maximum absolute atomic E-state index is 13.8. The van der Waals surface area contributed by atoms with Crippen LogP contribution in [0.15, 0.2) is 65.7 Å². The first kappa shape index (κ1) is 20.1. The van der Waals surface area contributed by atoms with Gasteiger partial charge in [0.25, 0.3) is 5.56 Å². The maximum Gasteiger partial charge on any atom is 0.408 e. The van der Waals surface area contributed by atoms with Gasteiger partial charge in [-0.25, -0.2) is 4.98 Å². The summed E-state index contributed by atoms with van der Waals surface area (Å²) in [6.45, 7) is -0.128. The molecule has 4 rings (SSSR count). The Hall–Kier alpha value is -3.20. The van der Waals surface area contributed by atoms with Crippen LogP contribution in [0.3, 0.4) is 0 Å². The molecule has 1 N–H and O–H groups in total. The van der Waals surface area contributed by atoms with Gasteiger partial charge in [0, 0.05) is 37.0 Å². The monoisotopic (exact) mass is 416 g/mol. The third kappa shape index (κ3) is 3.93. The van der Waals surface area contributed by atoms with Crippen LogP contribution in [-0.4, -0.2) is 38.1 Å². The van der Waals surface area contributed by atoms with Crippen molar-refractivity contribution in [1.29, 1.82) is 0 Å². The highest BCUT2D eigenvalue weighted by atomic mass is 19.4. The Balaban J connectivity index is 1.81. The smallest absolute Gasteiger partial charge is 0.373 e. The van der Waals surface area contributed by atoms with Crippen molar-refractivity contribution in [2.45, 2.75) is 37.8 Å². The average molecular weight is 416 g/mol. The highest BCUT2D eigenvalue weighted by Crippen LogP contribution is 2.35. The molecule has 0 aliphatic carbocycles. The Morgan fingerprint density at radius 1 is 1.13 bits per heavy atom. The molecule has 156 valence electrons. The lowest BCUT2D eigenvalue weighted by atomic mass is 10.1. The highest BCUT2D eigenvalue weighted by molar-refractivity contribution is 5.60.